The first-order valence-corrected chi connectivity index (χ1v) is 5.27. The van der Waals surface area contributed by atoms with Crippen LogP contribution in [0.2, 0.25) is 0 Å². The Morgan fingerprint density at radius 3 is 2.53 bits per heavy atom. The first kappa shape index (κ1) is 14.0. The first-order valence-electron chi connectivity index (χ1n) is 4.48. The van der Waals surface area contributed by atoms with Crippen molar-refractivity contribution >= 4 is 21.8 Å². The van der Waals surface area contributed by atoms with Gasteiger partial charge in [0.2, 0.25) is 0 Å². The molecule has 0 aromatic heterocycles. The number of benzene rings is 1. The van der Waals surface area contributed by atoms with Gasteiger partial charge in [0.15, 0.2) is 0 Å². The zero-order valence-corrected chi connectivity index (χ0v) is 10.6. The van der Waals surface area contributed by atoms with Crippen LogP contribution in [-0.2, 0) is 4.84 Å². The van der Waals surface area contributed by atoms with Crippen LogP contribution >= 0.6 is 15.9 Å². The largest absolute Gasteiger partial charge is 0.277 e. The average molecular weight is 312 g/mol. The zero-order valence-electron chi connectivity index (χ0n) is 9.01. The number of rotatable bonds is 3. The lowest BCUT2D eigenvalue weighted by Gasteiger charge is -2.16. The predicted molar refractivity (Wildman–Crippen MR) is 58.2 cm³/mol. The summed E-state index contributed by atoms with van der Waals surface area (Å²) in [5.74, 6) is -1.98. The second-order valence-electron chi connectivity index (χ2n) is 3.11. The summed E-state index contributed by atoms with van der Waals surface area (Å²) in [5, 5.41) is 0.745. The molecule has 0 radical (unpaired) electrons. The molecule has 0 aliphatic carbocycles. The lowest BCUT2D eigenvalue weighted by molar-refractivity contribution is -0.0759. The van der Waals surface area contributed by atoms with Gasteiger partial charge in [0.25, 0.3) is 12.3 Å². The quantitative estimate of drug-likeness (QED) is 0.803. The van der Waals surface area contributed by atoms with Crippen LogP contribution in [0.3, 0.4) is 0 Å². The molecule has 94 valence electrons. The van der Waals surface area contributed by atoms with Crippen LogP contribution in [0.5, 0.6) is 0 Å². The van der Waals surface area contributed by atoms with Crippen molar-refractivity contribution in [2.75, 3.05) is 14.2 Å². The highest BCUT2D eigenvalue weighted by molar-refractivity contribution is 9.10. The topological polar surface area (TPSA) is 29.5 Å². The van der Waals surface area contributed by atoms with E-state index in [1.165, 1.54) is 20.2 Å². The number of nitrogens with zero attached hydrogens (tertiary/aromatic N) is 1. The zero-order chi connectivity index (χ0) is 13.2. The number of hydrogen-bond acceptors (Lipinski definition) is 2. The Bertz CT molecular complexity index is 440. The third kappa shape index (κ3) is 2.78. The molecular formula is C10H9BrF3NO2. The van der Waals surface area contributed by atoms with Crippen molar-refractivity contribution in [3.05, 3.63) is 33.5 Å². The van der Waals surface area contributed by atoms with Gasteiger partial charge < -0.3 is 0 Å². The maximum absolute atomic E-state index is 13.5. The number of carbonyl (C=O) groups excluding carboxylic acids is 1. The van der Waals surface area contributed by atoms with Crippen molar-refractivity contribution < 1.29 is 22.8 Å². The molecular weight excluding hydrogens is 303 g/mol. The van der Waals surface area contributed by atoms with E-state index in [9.17, 15) is 18.0 Å². The Labute approximate surface area is 104 Å². The van der Waals surface area contributed by atoms with Gasteiger partial charge in [-0.25, -0.2) is 18.2 Å². The standard InChI is InChI=1S/C10H9BrF3NO2/c1-15(17-2)10(16)5-3-4-6(11)8(12)7(5)9(13)14/h3-4,9H,1-2H3. The van der Waals surface area contributed by atoms with Crippen LogP contribution in [0.1, 0.15) is 22.3 Å². The summed E-state index contributed by atoms with van der Waals surface area (Å²) < 4.78 is 38.8. The molecule has 0 unspecified atom stereocenters. The Kier molecular flexibility index (Phi) is 4.53. The lowest BCUT2D eigenvalue weighted by Crippen LogP contribution is -2.26. The molecule has 0 saturated heterocycles. The maximum Gasteiger partial charge on any atom is 0.277 e. The van der Waals surface area contributed by atoms with E-state index in [2.05, 4.69) is 20.8 Å². The molecule has 0 N–H and O–H groups in total. The molecule has 0 aliphatic heterocycles. The van der Waals surface area contributed by atoms with E-state index in [1.54, 1.807) is 0 Å². The first-order chi connectivity index (χ1) is 7.90. The van der Waals surface area contributed by atoms with Crippen LogP contribution in [0.25, 0.3) is 0 Å². The van der Waals surface area contributed by atoms with E-state index in [4.69, 9.17) is 0 Å². The lowest BCUT2D eigenvalue weighted by atomic mass is 10.1. The number of carbonyl (C=O) groups is 1. The highest BCUT2D eigenvalue weighted by atomic mass is 79.9. The molecule has 3 nitrogen and oxygen atoms in total. The van der Waals surface area contributed by atoms with Gasteiger partial charge in [0.05, 0.1) is 22.7 Å². The van der Waals surface area contributed by atoms with Crippen LogP contribution in [-0.4, -0.2) is 25.1 Å². The maximum atomic E-state index is 13.5. The molecule has 1 rings (SSSR count). The van der Waals surface area contributed by atoms with Gasteiger partial charge in [-0.15, -0.1) is 0 Å². The van der Waals surface area contributed by atoms with Gasteiger partial charge in [0, 0.05) is 7.05 Å². The number of hydroxylamine groups is 2. The molecule has 1 amide bonds. The van der Waals surface area contributed by atoms with Crippen molar-refractivity contribution in [1.82, 2.24) is 5.06 Å². The summed E-state index contributed by atoms with van der Waals surface area (Å²) in [5.41, 5.74) is -1.36. The van der Waals surface area contributed by atoms with Crippen molar-refractivity contribution in [3.8, 4) is 0 Å². The molecule has 0 aliphatic rings. The summed E-state index contributed by atoms with van der Waals surface area (Å²) in [4.78, 5) is 16.2. The number of amides is 1. The normalized spacial score (nSPS) is 10.8. The fraction of sp³-hybridized carbons (Fsp3) is 0.300. The summed E-state index contributed by atoms with van der Waals surface area (Å²) in [6.45, 7) is 0. The molecule has 1 aromatic rings. The monoisotopic (exact) mass is 311 g/mol. The fourth-order valence-corrected chi connectivity index (χ4v) is 1.56. The molecule has 0 fully saturated rings. The van der Waals surface area contributed by atoms with Crippen molar-refractivity contribution in [2.45, 2.75) is 6.43 Å². The number of alkyl halides is 2. The molecule has 0 heterocycles. The third-order valence-corrected chi connectivity index (χ3v) is 2.75. The Hall–Kier alpha value is -1.08. The summed E-state index contributed by atoms with van der Waals surface area (Å²) >= 11 is 2.79. The fourth-order valence-electron chi connectivity index (χ4n) is 1.22. The Morgan fingerprint density at radius 2 is 2.06 bits per heavy atom. The minimum Gasteiger partial charge on any atom is -0.274 e. The third-order valence-electron chi connectivity index (χ3n) is 2.14. The van der Waals surface area contributed by atoms with Crippen molar-refractivity contribution in [3.63, 3.8) is 0 Å². The second-order valence-corrected chi connectivity index (χ2v) is 3.96. The van der Waals surface area contributed by atoms with Gasteiger partial charge in [-0.3, -0.25) is 9.63 Å². The summed E-state index contributed by atoms with van der Waals surface area (Å²) in [6, 6.07) is 2.31. The summed E-state index contributed by atoms with van der Waals surface area (Å²) in [6.07, 6.45) is -3.09. The van der Waals surface area contributed by atoms with E-state index in [0.29, 0.717) is 0 Å². The summed E-state index contributed by atoms with van der Waals surface area (Å²) in [7, 11) is 2.45. The SMILES string of the molecule is CON(C)C(=O)c1ccc(Br)c(F)c1C(F)F. The van der Waals surface area contributed by atoms with E-state index in [0.717, 1.165) is 11.1 Å². The van der Waals surface area contributed by atoms with Gasteiger partial charge in [-0.1, -0.05) is 0 Å². The average Bonchev–Trinajstić information content (AvgIpc) is 2.29. The molecule has 0 atom stereocenters. The minimum absolute atomic E-state index is 0.121. The van der Waals surface area contributed by atoms with Crippen LogP contribution in [0, 0.1) is 5.82 Å². The van der Waals surface area contributed by atoms with Gasteiger partial charge in [-0.05, 0) is 28.1 Å². The molecule has 7 heteroatoms. The molecule has 17 heavy (non-hydrogen) atoms. The van der Waals surface area contributed by atoms with Crippen molar-refractivity contribution in [2.24, 2.45) is 0 Å². The van der Waals surface area contributed by atoms with E-state index in [-0.39, 0.29) is 4.47 Å². The molecule has 0 bridgehead atoms. The van der Waals surface area contributed by atoms with Crippen molar-refractivity contribution in [1.29, 1.82) is 0 Å². The molecule has 1 aromatic carbocycles. The van der Waals surface area contributed by atoms with Crippen LogP contribution < -0.4 is 0 Å². The highest BCUT2D eigenvalue weighted by Gasteiger charge is 2.26. The Morgan fingerprint density at radius 1 is 1.47 bits per heavy atom. The molecule has 0 spiro atoms. The van der Waals surface area contributed by atoms with E-state index >= 15 is 0 Å². The van der Waals surface area contributed by atoms with Crippen LogP contribution in [0.15, 0.2) is 16.6 Å². The van der Waals surface area contributed by atoms with Gasteiger partial charge in [0.1, 0.15) is 5.82 Å². The van der Waals surface area contributed by atoms with Gasteiger partial charge >= 0.3 is 0 Å². The predicted octanol–water partition coefficient (Wildman–Crippen LogP) is 3.16. The Balaban J connectivity index is 3.34. The van der Waals surface area contributed by atoms with Gasteiger partial charge in [-0.2, -0.15) is 0 Å². The smallest absolute Gasteiger partial charge is 0.274 e. The van der Waals surface area contributed by atoms with E-state index in [1.807, 2.05) is 0 Å². The number of hydrogen-bond donors (Lipinski definition) is 0. The van der Waals surface area contributed by atoms with Crippen LogP contribution in [0.4, 0.5) is 13.2 Å². The van der Waals surface area contributed by atoms with E-state index < -0.39 is 29.3 Å². The minimum atomic E-state index is -3.09. The highest BCUT2D eigenvalue weighted by Crippen LogP contribution is 2.31. The molecule has 0 saturated carbocycles. The number of halogens is 4. The second kappa shape index (κ2) is 5.50.